The average molecular weight is 396 g/mol. The van der Waals surface area contributed by atoms with Crippen LogP contribution in [0.3, 0.4) is 0 Å². The van der Waals surface area contributed by atoms with Gasteiger partial charge in [0.25, 0.3) is 5.91 Å². The number of primary amides is 1. The predicted molar refractivity (Wildman–Crippen MR) is 106 cm³/mol. The van der Waals surface area contributed by atoms with Crippen LogP contribution in [0.25, 0.3) is 22.2 Å². The molecular formula is C19H16N4O4S. The summed E-state index contributed by atoms with van der Waals surface area (Å²) >= 11 is 1.30. The summed E-state index contributed by atoms with van der Waals surface area (Å²) in [5.41, 5.74) is 8.35. The SMILES string of the molecule is COc1ccc2c(CC(=O)Nc3nc(-c4c[nH]c(C(N)=O)c4)cs3)coc2c1. The van der Waals surface area contributed by atoms with Gasteiger partial charge in [-0.3, -0.25) is 9.59 Å². The number of rotatable bonds is 6. The first-order valence-corrected chi connectivity index (χ1v) is 9.19. The van der Waals surface area contributed by atoms with Crippen molar-refractivity contribution in [2.45, 2.75) is 6.42 Å². The van der Waals surface area contributed by atoms with Crippen LogP contribution >= 0.6 is 11.3 Å². The number of hydrogen-bond donors (Lipinski definition) is 3. The number of carbonyl (C=O) groups excluding carboxylic acids is 2. The molecule has 0 aliphatic carbocycles. The maximum Gasteiger partial charge on any atom is 0.265 e. The zero-order valence-electron chi connectivity index (χ0n) is 14.8. The zero-order chi connectivity index (χ0) is 19.7. The third-order valence-corrected chi connectivity index (χ3v) is 4.97. The smallest absolute Gasteiger partial charge is 0.265 e. The Bertz CT molecular complexity index is 1170. The highest BCUT2D eigenvalue weighted by atomic mass is 32.1. The zero-order valence-corrected chi connectivity index (χ0v) is 15.6. The topological polar surface area (TPSA) is 123 Å². The van der Waals surface area contributed by atoms with Crippen molar-refractivity contribution in [1.82, 2.24) is 9.97 Å². The van der Waals surface area contributed by atoms with Gasteiger partial charge in [-0.2, -0.15) is 0 Å². The molecule has 0 saturated heterocycles. The van der Waals surface area contributed by atoms with E-state index in [9.17, 15) is 9.59 Å². The first kappa shape index (κ1) is 17.8. The summed E-state index contributed by atoms with van der Waals surface area (Å²) in [6, 6.07) is 7.09. The molecule has 3 aromatic heterocycles. The minimum absolute atomic E-state index is 0.157. The number of amides is 2. The Balaban J connectivity index is 1.45. The van der Waals surface area contributed by atoms with E-state index in [0.29, 0.717) is 27.9 Å². The number of carbonyl (C=O) groups is 2. The fourth-order valence-corrected chi connectivity index (χ4v) is 3.55. The van der Waals surface area contributed by atoms with E-state index in [1.54, 1.807) is 37.1 Å². The van der Waals surface area contributed by atoms with Crippen molar-refractivity contribution in [2.75, 3.05) is 12.4 Å². The number of methoxy groups -OCH3 is 1. The molecule has 2 amide bonds. The third-order valence-electron chi connectivity index (χ3n) is 4.21. The molecule has 1 aromatic carbocycles. The van der Waals surface area contributed by atoms with Crippen molar-refractivity contribution >= 4 is 39.3 Å². The lowest BCUT2D eigenvalue weighted by Crippen LogP contribution is -2.13. The van der Waals surface area contributed by atoms with Gasteiger partial charge in [0.15, 0.2) is 5.13 Å². The fourth-order valence-electron chi connectivity index (χ4n) is 2.81. The monoisotopic (exact) mass is 396 g/mol. The van der Waals surface area contributed by atoms with E-state index in [1.807, 2.05) is 12.1 Å². The minimum Gasteiger partial charge on any atom is -0.497 e. The van der Waals surface area contributed by atoms with Gasteiger partial charge in [0, 0.05) is 34.2 Å². The number of aromatic amines is 1. The molecule has 4 rings (SSSR count). The summed E-state index contributed by atoms with van der Waals surface area (Å²) in [7, 11) is 1.59. The third kappa shape index (κ3) is 3.47. The number of H-pyrrole nitrogens is 1. The minimum atomic E-state index is -0.542. The van der Waals surface area contributed by atoms with Gasteiger partial charge in [0.05, 0.1) is 25.5 Å². The maximum absolute atomic E-state index is 12.4. The largest absolute Gasteiger partial charge is 0.497 e. The highest BCUT2D eigenvalue weighted by Gasteiger charge is 2.14. The second-order valence-electron chi connectivity index (χ2n) is 6.05. The number of nitrogens with two attached hydrogens (primary N) is 1. The van der Waals surface area contributed by atoms with E-state index in [1.165, 1.54) is 11.3 Å². The number of nitrogens with zero attached hydrogens (tertiary/aromatic N) is 1. The van der Waals surface area contributed by atoms with Crippen LogP contribution in [-0.4, -0.2) is 28.9 Å². The van der Waals surface area contributed by atoms with Gasteiger partial charge >= 0.3 is 0 Å². The summed E-state index contributed by atoms with van der Waals surface area (Å²) in [6.07, 6.45) is 3.37. The number of benzene rings is 1. The molecule has 3 heterocycles. The molecule has 0 bridgehead atoms. The number of nitrogens with one attached hydrogen (secondary N) is 2. The molecule has 0 fully saturated rings. The van der Waals surface area contributed by atoms with Crippen LogP contribution in [0, 0.1) is 0 Å². The van der Waals surface area contributed by atoms with E-state index in [0.717, 1.165) is 16.5 Å². The molecule has 8 nitrogen and oxygen atoms in total. The van der Waals surface area contributed by atoms with Crippen LogP contribution in [0.2, 0.25) is 0 Å². The van der Waals surface area contributed by atoms with E-state index in [-0.39, 0.29) is 12.3 Å². The van der Waals surface area contributed by atoms with Crippen LogP contribution in [0.15, 0.2) is 46.5 Å². The van der Waals surface area contributed by atoms with Gasteiger partial charge in [-0.25, -0.2) is 4.98 Å². The molecule has 4 N–H and O–H groups in total. The molecular weight excluding hydrogens is 380 g/mol. The standard InChI is InChI=1S/C19H16N4O4S/c1-26-12-2-3-13-11(8-27-16(13)6-12)5-17(24)23-19-22-15(9-28-19)10-4-14(18(20)25)21-7-10/h2-4,6-9,21H,5H2,1H3,(H2,20,25)(H,22,23,24). The van der Waals surface area contributed by atoms with E-state index in [2.05, 4.69) is 15.3 Å². The highest BCUT2D eigenvalue weighted by Crippen LogP contribution is 2.27. The number of furan rings is 1. The van der Waals surface area contributed by atoms with Gasteiger partial charge in [-0.1, -0.05) is 0 Å². The van der Waals surface area contributed by atoms with Crippen molar-refractivity contribution in [3.8, 4) is 17.0 Å². The number of fused-ring (bicyclic) bond motifs is 1. The number of hydrogen-bond acceptors (Lipinski definition) is 6. The van der Waals surface area contributed by atoms with Gasteiger partial charge in [0.2, 0.25) is 5.91 Å². The van der Waals surface area contributed by atoms with Crippen LogP contribution in [0.1, 0.15) is 16.1 Å². The highest BCUT2D eigenvalue weighted by molar-refractivity contribution is 7.14. The molecule has 142 valence electrons. The number of anilines is 1. The quantitative estimate of drug-likeness (QED) is 0.462. The van der Waals surface area contributed by atoms with Crippen molar-refractivity contribution in [2.24, 2.45) is 5.73 Å². The van der Waals surface area contributed by atoms with Gasteiger partial charge in [0.1, 0.15) is 17.0 Å². The van der Waals surface area contributed by atoms with Crippen molar-refractivity contribution < 1.29 is 18.7 Å². The molecule has 0 aliphatic rings. The Hall–Kier alpha value is -3.59. The normalized spacial score (nSPS) is 10.9. The molecule has 0 spiro atoms. The van der Waals surface area contributed by atoms with E-state index in [4.69, 9.17) is 14.9 Å². The Morgan fingerprint density at radius 2 is 2.21 bits per heavy atom. The molecule has 0 aliphatic heterocycles. The summed E-state index contributed by atoms with van der Waals surface area (Å²) < 4.78 is 10.7. The second-order valence-corrected chi connectivity index (χ2v) is 6.91. The molecule has 0 saturated carbocycles. The van der Waals surface area contributed by atoms with Crippen molar-refractivity contribution in [3.05, 3.63) is 53.4 Å². The van der Waals surface area contributed by atoms with Crippen LogP contribution in [-0.2, 0) is 11.2 Å². The Kier molecular flexibility index (Phi) is 4.58. The molecule has 4 aromatic rings. The lowest BCUT2D eigenvalue weighted by atomic mass is 10.1. The maximum atomic E-state index is 12.4. The predicted octanol–water partition coefficient (Wildman–Crippen LogP) is 3.17. The summed E-state index contributed by atoms with van der Waals surface area (Å²) in [6.45, 7) is 0. The molecule has 28 heavy (non-hydrogen) atoms. The molecule has 0 unspecified atom stereocenters. The summed E-state index contributed by atoms with van der Waals surface area (Å²) in [5, 5.41) is 5.91. The van der Waals surface area contributed by atoms with Crippen LogP contribution in [0.5, 0.6) is 5.75 Å². The van der Waals surface area contributed by atoms with E-state index >= 15 is 0 Å². The Labute approximate surface area is 163 Å². The number of ether oxygens (including phenoxy) is 1. The molecule has 0 atom stereocenters. The van der Waals surface area contributed by atoms with Gasteiger partial charge in [-0.05, 0) is 18.2 Å². The lowest BCUT2D eigenvalue weighted by Gasteiger charge is -2.01. The summed E-state index contributed by atoms with van der Waals surface area (Å²) in [4.78, 5) is 30.8. The fraction of sp³-hybridized carbons (Fsp3) is 0.105. The number of thiazole rings is 1. The first-order valence-electron chi connectivity index (χ1n) is 8.31. The molecule has 0 radical (unpaired) electrons. The van der Waals surface area contributed by atoms with Crippen LogP contribution < -0.4 is 15.8 Å². The first-order chi connectivity index (χ1) is 13.5. The van der Waals surface area contributed by atoms with Crippen molar-refractivity contribution in [1.29, 1.82) is 0 Å². The summed E-state index contributed by atoms with van der Waals surface area (Å²) in [5.74, 6) is -0.0521. The lowest BCUT2D eigenvalue weighted by molar-refractivity contribution is -0.115. The Morgan fingerprint density at radius 1 is 1.36 bits per heavy atom. The Morgan fingerprint density at radius 3 is 2.96 bits per heavy atom. The van der Waals surface area contributed by atoms with E-state index < -0.39 is 5.91 Å². The van der Waals surface area contributed by atoms with Crippen LogP contribution in [0.4, 0.5) is 5.13 Å². The van der Waals surface area contributed by atoms with Gasteiger partial charge in [-0.15, -0.1) is 11.3 Å². The van der Waals surface area contributed by atoms with Gasteiger partial charge < -0.3 is 25.2 Å². The second kappa shape index (κ2) is 7.20. The number of aromatic nitrogens is 2. The molecule has 9 heteroatoms. The average Bonchev–Trinajstić information content (AvgIpc) is 3.41. The van der Waals surface area contributed by atoms with Crippen molar-refractivity contribution in [3.63, 3.8) is 0 Å².